The van der Waals surface area contributed by atoms with Gasteiger partial charge in [0.2, 0.25) is 0 Å². The average Bonchev–Trinajstić information content (AvgIpc) is 2.49. The monoisotopic (exact) mass is 293 g/mol. The van der Waals surface area contributed by atoms with Crippen LogP contribution in [0.2, 0.25) is 0 Å². The third-order valence-electron chi connectivity index (χ3n) is 3.63. The van der Waals surface area contributed by atoms with Crippen molar-refractivity contribution in [1.29, 1.82) is 0 Å². The SMILES string of the molecule is Cc1ccccc1N(C(=O)O)c1cc2ccccc2cc1O. The number of aromatic hydroxyl groups is 1. The Morgan fingerprint density at radius 2 is 1.50 bits per heavy atom. The summed E-state index contributed by atoms with van der Waals surface area (Å²) in [6, 6.07) is 18.0. The molecule has 0 aliphatic rings. The van der Waals surface area contributed by atoms with Crippen LogP contribution in [0.4, 0.5) is 16.2 Å². The van der Waals surface area contributed by atoms with Gasteiger partial charge in [0.1, 0.15) is 5.75 Å². The number of carboxylic acid groups (broad SMARTS) is 1. The predicted molar refractivity (Wildman–Crippen MR) is 87.0 cm³/mol. The molecule has 0 aliphatic carbocycles. The molecular weight excluding hydrogens is 278 g/mol. The van der Waals surface area contributed by atoms with Gasteiger partial charge in [-0.15, -0.1) is 0 Å². The number of anilines is 2. The summed E-state index contributed by atoms with van der Waals surface area (Å²) >= 11 is 0. The van der Waals surface area contributed by atoms with E-state index in [2.05, 4.69) is 0 Å². The lowest BCUT2D eigenvalue weighted by Gasteiger charge is -2.22. The molecule has 0 bridgehead atoms. The van der Waals surface area contributed by atoms with Crippen molar-refractivity contribution in [3.63, 3.8) is 0 Å². The van der Waals surface area contributed by atoms with Crippen molar-refractivity contribution in [2.75, 3.05) is 4.90 Å². The van der Waals surface area contributed by atoms with E-state index in [9.17, 15) is 15.0 Å². The summed E-state index contributed by atoms with van der Waals surface area (Å²) in [6.07, 6.45) is -1.14. The lowest BCUT2D eigenvalue weighted by molar-refractivity contribution is 0.204. The molecule has 0 heterocycles. The molecule has 2 N–H and O–H groups in total. The zero-order chi connectivity index (χ0) is 15.7. The molecule has 0 spiro atoms. The van der Waals surface area contributed by atoms with Crippen molar-refractivity contribution < 1.29 is 15.0 Å². The van der Waals surface area contributed by atoms with Gasteiger partial charge in [-0.2, -0.15) is 0 Å². The highest BCUT2D eigenvalue weighted by Gasteiger charge is 2.22. The fourth-order valence-corrected chi connectivity index (χ4v) is 2.55. The molecule has 0 aliphatic heterocycles. The van der Waals surface area contributed by atoms with E-state index in [0.29, 0.717) is 5.69 Å². The van der Waals surface area contributed by atoms with Crippen molar-refractivity contribution in [2.45, 2.75) is 6.92 Å². The summed E-state index contributed by atoms with van der Waals surface area (Å²) in [6.45, 7) is 1.84. The number of fused-ring (bicyclic) bond motifs is 1. The Balaban J connectivity index is 2.23. The van der Waals surface area contributed by atoms with Gasteiger partial charge in [-0.25, -0.2) is 9.69 Å². The molecule has 0 saturated heterocycles. The van der Waals surface area contributed by atoms with Crippen LogP contribution in [0.5, 0.6) is 5.75 Å². The summed E-state index contributed by atoms with van der Waals surface area (Å²) in [7, 11) is 0. The molecule has 3 aromatic rings. The third-order valence-corrected chi connectivity index (χ3v) is 3.63. The number of carbonyl (C=O) groups is 1. The Labute approximate surface area is 127 Å². The first kappa shape index (κ1) is 13.9. The van der Waals surface area contributed by atoms with Crippen LogP contribution in [0.15, 0.2) is 60.7 Å². The van der Waals surface area contributed by atoms with Gasteiger partial charge in [-0.1, -0.05) is 42.5 Å². The molecule has 110 valence electrons. The van der Waals surface area contributed by atoms with Crippen LogP contribution in [0.1, 0.15) is 5.56 Å². The van der Waals surface area contributed by atoms with E-state index < -0.39 is 6.09 Å². The van der Waals surface area contributed by atoms with Crippen LogP contribution in [0.3, 0.4) is 0 Å². The van der Waals surface area contributed by atoms with E-state index in [1.54, 1.807) is 24.3 Å². The van der Waals surface area contributed by atoms with E-state index in [1.165, 1.54) is 0 Å². The molecule has 0 radical (unpaired) electrons. The number of phenolic OH excluding ortho intramolecular Hbond substituents is 1. The van der Waals surface area contributed by atoms with Gasteiger partial charge in [0, 0.05) is 0 Å². The van der Waals surface area contributed by atoms with Gasteiger partial charge in [0.25, 0.3) is 0 Å². The molecule has 1 amide bonds. The van der Waals surface area contributed by atoms with E-state index in [0.717, 1.165) is 21.2 Å². The minimum Gasteiger partial charge on any atom is -0.506 e. The lowest BCUT2D eigenvalue weighted by atomic mass is 10.1. The Bertz CT molecular complexity index is 858. The third kappa shape index (κ3) is 2.35. The number of hydrogen-bond donors (Lipinski definition) is 2. The smallest absolute Gasteiger partial charge is 0.416 e. The molecular formula is C18H15NO3. The Kier molecular flexibility index (Phi) is 3.43. The number of para-hydroxylation sites is 1. The Morgan fingerprint density at radius 1 is 0.909 bits per heavy atom. The quantitative estimate of drug-likeness (QED) is 0.721. The zero-order valence-electron chi connectivity index (χ0n) is 12.0. The van der Waals surface area contributed by atoms with E-state index in [-0.39, 0.29) is 11.4 Å². The summed E-state index contributed by atoms with van der Waals surface area (Å²) in [5.74, 6) is -0.0654. The minimum absolute atomic E-state index is 0.0654. The maximum Gasteiger partial charge on any atom is 0.416 e. The van der Waals surface area contributed by atoms with E-state index >= 15 is 0 Å². The first-order chi connectivity index (χ1) is 10.6. The fourth-order valence-electron chi connectivity index (χ4n) is 2.55. The number of rotatable bonds is 2. The normalized spacial score (nSPS) is 10.6. The van der Waals surface area contributed by atoms with Crippen molar-refractivity contribution in [3.8, 4) is 5.75 Å². The van der Waals surface area contributed by atoms with Crippen molar-refractivity contribution in [3.05, 3.63) is 66.2 Å². The van der Waals surface area contributed by atoms with Crippen molar-refractivity contribution in [1.82, 2.24) is 0 Å². The lowest BCUT2D eigenvalue weighted by Crippen LogP contribution is -2.24. The minimum atomic E-state index is -1.14. The number of amides is 1. The molecule has 0 unspecified atom stereocenters. The summed E-state index contributed by atoms with van der Waals surface area (Å²) in [5, 5.41) is 21.6. The van der Waals surface area contributed by atoms with Crippen LogP contribution in [0, 0.1) is 6.92 Å². The van der Waals surface area contributed by atoms with Gasteiger partial charge in [-0.3, -0.25) is 0 Å². The molecule has 3 rings (SSSR count). The summed E-state index contributed by atoms with van der Waals surface area (Å²) in [4.78, 5) is 12.9. The Morgan fingerprint density at radius 3 is 2.14 bits per heavy atom. The van der Waals surface area contributed by atoms with Crippen LogP contribution in [0.25, 0.3) is 10.8 Å². The molecule has 0 fully saturated rings. The number of aryl methyl sites for hydroxylation is 1. The summed E-state index contributed by atoms with van der Waals surface area (Å²) < 4.78 is 0. The molecule has 4 nitrogen and oxygen atoms in total. The van der Waals surface area contributed by atoms with Crippen LogP contribution in [-0.4, -0.2) is 16.3 Å². The number of nitrogens with zero attached hydrogens (tertiary/aromatic N) is 1. The molecule has 0 atom stereocenters. The van der Waals surface area contributed by atoms with Crippen molar-refractivity contribution >= 4 is 28.2 Å². The first-order valence-electron chi connectivity index (χ1n) is 6.88. The molecule has 22 heavy (non-hydrogen) atoms. The molecule has 3 aromatic carbocycles. The standard InChI is InChI=1S/C18H15NO3/c1-12-6-2-5-9-15(12)19(18(21)22)16-10-13-7-3-4-8-14(13)11-17(16)20/h2-11,20H,1H3,(H,21,22). The fraction of sp³-hybridized carbons (Fsp3) is 0.0556. The van der Waals surface area contributed by atoms with Crippen LogP contribution < -0.4 is 4.90 Å². The topological polar surface area (TPSA) is 60.8 Å². The van der Waals surface area contributed by atoms with E-state index in [1.807, 2.05) is 43.3 Å². The molecule has 4 heteroatoms. The Hall–Kier alpha value is -3.01. The maximum atomic E-state index is 11.8. The zero-order valence-corrected chi connectivity index (χ0v) is 12.0. The number of benzene rings is 3. The van der Waals surface area contributed by atoms with Crippen LogP contribution >= 0.6 is 0 Å². The van der Waals surface area contributed by atoms with Crippen LogP contribution in [-0.2, 0) is 0 Å². The number of phenols is 1. The highest BCUT2D eigenvalue weighted by atomic mass is 16.4. The van der Waals surface area contributed by atoms with Crippen molar-refractivity contribution in [2.24, 2.45) is 0 Å². The molecule has 0 saturated carbocycles. The van der Waals surface area contributed by atoms with Gasteiger partial charge in [0.15, 0.2) is 0 Å². The molecule has 0 aromatic heterocycles. The largest absolute Gasteiger partial charge is 0.506 e. The second kappa shape index (κ2) is 5.41. The number of hydrogen-bond acceptors (Lipinski definition) is 2. The highest BCUT2D eigenvalue weighted by molar-refractivity contribution is 6.00. The highest BCUT2D eigenvalue weighted by Crippen LogP contribution is 2.37. The second-order valence-electron chi connectivity index (χ2n) is 5.09. The van der Waals surface area contributed by atoms with Gasteiger partial charge < -0.3 is 10.2 Å². The van der Waals surface area contributed by atoms with Gasteiger partial charge in [0.05, 0.1) is 11.4 Å². The maximum absolute atomic E-state index is 11.8. The van der Waals surface area contributed by atoms with E-state index in [4.69, 9.17) is 0 Å². The van der Waals surface area contributed by atoms with Gasteiger partial charge >= 0.3 is 6.09 Å². The second-order valence-corrected chi connectivity index (χ2v) is 5.09. The predicted octanol–water partition coefficient (Wildman–Crippen LogP) is 4.67. The van der Waals surface area contributed by atoms with Gasteiger partial charge in [-0.05, 0) is 41.5 Å². The average molecular weight is 293 g/mol. The summed E-state index contributed by atoms with van der Waals surface area (Å²) in [5.41, 5.74) is 1.60. The first-order valence-corrected chi connectivity index (χ1v) is 6.88.